The predicted molar refractivity (Wildman–Crippen MR) is 69.7 cm³/mol. The molecule has 0 aliphatic carbocycles. The number of hydrogen-bond donors (Lipinski definition) is 1. The van der Waals surface area contributed by atoms with Crippen molar-refractivity contribution in [3.63, 3.8) is 0 Å². The van der Waals surface area contributed by atoms with E-state index in [2.05, 4.69) is 16.8 Å². The lowest BCUT2D eigenvalue weighted by Crippen LogP contribution is -2.03. The molecule has 1 aromatic carbocycles. The average Bonchev–Trinajstić information content (AvgIpc) is 2.81. The highest BCUT2D eigenvalue weighted by Crippen LogP contribution is 2.36. The second kappa shape index (κ2) is 5.49. The lowest BCUT2D eigenvalue weighted by Gasteiger charge is -2.08. The molecule has 0 aliphatic rings. The molecule has 2 rings (SSSR count). The van der Waals surface area contributed by atoms with Gasteiger partial charge in [0.25, 0.3) is 5.19 Å². The van der Waals surface area contributed by atoms with Gasteiger partial charge < -0.3 is 10.5 Å². The van der Waals surface area contributed by atoms with Gasteiger partial charge in [0.15, 0.2) is 0 Å². The van der Waals surface area contributed by atoms with Crippen molar-refractivity contribution in [2.75, 3.05) is 5.73 Å². The van der Waals surface area contributed by atoms with Crippen LogP contribution < -0.4 is 10.5 Å². The van der Waals surface area contributed by atoms with Gasteiger partial charge in [-0.1, -0.05) is 22.5 Å². The minimum atomic E-state index is -4.52. The summed E-state index contributed by atoms with van der Waals surface area (Å²) < 4.78 is 42.6. The molecule has 106 valence electrons. The number of benzene rings is 1. The maximum atomic E-state index is 12.4. The van der Waals surface area contributed by atoms with Crippen molar-refractivity contribution >= 4 is 17.0 Å². The van der Waals surface area contributed by atoms with Gasteiger partial charge in [-0.05, 0) is 24.6 Å². The Bertz CT molecular complexity index is 625. The molecule has 8 heteroatoms. The van der Waals surface area contributed by atoms with E-state index in [1.54, 1.807) is 24.3 Å². The van der Waals surface area contributed by atoms with E-state index in [0.29, 0.717) is 34.8 Å². The first-order valence-electron chi connectivity index (χ1n) is 5.48. The van der Waals surface area contributed by atoms with E-state index in [0.717, 1.165) is 0 Å². The molecule has 4 nitrogen and oxygen atoms in total. The summed E-state index contributed by atoms with van der Waals surface area (Å²) in [6.45, 7) is 3.60. The van der Waals surface area contributed by atoms with Crippen molar-refractivity contribution in [2.45, 2.75) is 12.6 Å². The molecule has 1 aromatic heterocycles. The Labute approximate surface area is 116 Å². The van der Waals surface area contributed by atoms with Gasteiger partial charge in [-0.15, -0.1) is 11.7 Å². The summed E-state index contributed by atoms with van der Waals surface area (Å²) in [5, 5.41) is 5.20. The highest BCUT2D eigenvalue weighted by molar-refractivity contribution is 7.13. The maximum absolute atomic E-state index is 12.4. The van der Waals surface area contributed by atoms with E-state index >= 15 is 0 Å². The first-order valence-corrected chi connectivity index (χ1v) is 6.29. The SMILES string of the molecule is C=CCc1cc(N)ccc1Oc1nnc(C(F)(F)F)s1. The van der Waals surface area contributed by atoms with Crippen LogP contribution in [0.15, 0.2) is 30.9 Å². The van der Waals surface area contributed by atoms with Crippen LogP contribution in [-0.4, -0.2) is 10.2 Å². The van der Waals surface area contributed by atoms with Gasteiger partial charge in [0.2, 0.25) is 5.01 Å². The number of halogens is 3. The van der Waals surface area contributed by atoms with Crippen molar-refractivity contribution in [3.05, 3.63) is 41.4 Å². The van der Waals surface area contributed by atoms with E-state index in [-0.39, 0.29) is 5.19 Å². The molecule has 0 amide bonds. The number of hydrogen-bond acceptors (Lipinski definition) is 5. The normalized spacial score (nSPS) is 11.3. The Morgan fingerprint density at radius 2 is 2.10 bits per heavy atom. The summed E-state index contributed by atoms with van der Waals surface area (Å²) >= 11 is 0.339. The Kier molecular flexibility index (Phi) is 3.93. The third kappa shape index (κ3) is 3.27. The molecule has 2 N–H and O–H groups in total. The predicted octanol–water partition coefficient (Wildman–Crippen LogP) is 3.66. The lowest BCUT2D eigenvalue weighted by molar-refractivity contribution is -0.138. The van der Waals surface area contributed by atoms with Gasteiger partial charge in [-0.25, -0.2) is 0 Å². The lowest BCUT2D eigenvalue weighted by atomic mass is 10.1. The summed E-state index contributed by atoms with van der Waals surface area (Å²) in [6.07, 6.45) is -2.40. The largest absolute Gasteiger partial charge is 0.445 e. The fraction of sp³-hybridized carbons (Fsp3) is 0.167. The zero-order chi connectivity index (χ0) is 14.8. The smallest absolute Gasteiger partial charge is 0.429 e. The third-order valence-electron chi connectivity index (χ3n) is 2.30. The highest BCUT2D eigenvalue weighted by atomic mass is 32.1. The molecule has 2 aromatic rings. The minimum Gasteiger partial charge on any atom is -0.429 e. The van der Waals surface area contributed by atoms with E-state index in [4.69, 9.17) is 10.5 Å². The van der Waals surface area contributed by atoms with Crippen LogP contribution in [0.2, 0.25) is 0 Å². The van der Waals surface area contributed by atoms with Crippen LogP contribution in [0, 0.1) is 0 Å². The second-order valence-electron chi connectivity index (χ2n) is 3.83. The van der Waals surface area contributed by atoms with Crippen LogP contribution in [-0.2, 0) is 12.6 Å². The molecule has 0 radical (unpaired) electrons. The Morgan fingerprint density at radius 3 is 2.70 bits per heavy atom. The van der Waals surface area contributed by atoms with Crippen LogP contribution in [0.3, 0.4) is 0 Å². The van der Waals surface area contributed by atoms with Crippen molar-refractivity contribution < 1.29 is 17.9 Å². The minimum absolute atomic E-state index is 0.174. The zero-order valence-corrected chi connectivity index (χ0v) is 11.0. The standard InChI is InChI=1S/C12H10F3N3OS/c1-2-3-7-6-8(16)4-5-9(7)19-11-18-17-10(20-11)12(13,14)15/h2,4-6H,1,3,16H2. The number of aromatic nitrogens is 2. The quantitative estimate of drug-likeness (QED) is 0.691. The summed E-state index contributed by atoms with van der Waals surface area (Å²) in [4.78, 5) is 0. The number of ether oxygens (including phenoxy) is 1. The number of nitrogens with two attached hydrogens (primary N) is 1. The summed E-state index contributed by atoms with van der Waals surface area (Å²) in [6, 6.07) is 4.83. The van der Waals surface area contributed by atoms with E-state index in [1.165, 1.54) is 0 Å². The van der Waals surface area contributed by atoms with Gasteiger partial charge >= 0.3 is 6.18 Å². The van der Waals surface area contributed by atoms with Gasteiger partial charge in [-0.2, -0.15) is 13.2 Å². The molecular formula is C12H10F3N3OS. The monoisotopic (exact) mass is 301 g/mol. The molecule has 20 heavy (non-hydrogen) atoms. The van der Waals surface area contributed by atoms with Crippen molar-refractivity contribution in [2.24, 2.45) is 0 Å². The first kappa shape index (κ1) is 14.3. The Balaban J connectivity index is 2.25. The second-order valence-corrected chi connectivity index (χ2v) is 4.77. The van der Waals surface area contributed by atoms with Crippen LogP contribution in [0.1, 0.15) is 10.6 Å². The zero-order valence-electron chi connectivity index (χ0n) is 10.1. The molecule has 0 fully saturated rings. The van der Waals surface area contributed by atoms with Crippen LogP contribution >= 0.6 is 11.3 Å². The summed E-state index contributed by atoms with van der Waals surface area (Å²) in [5.41, 5.74) is 6.89. The van der Waals surface area contributed by atoms with Crippen molar-refractivity contribution in [3.8, 4) is 10.9 Å². The number of alkyl halides is 3. The fourth-order valence-corrected chi connectivity index (χ4v) is 2.05. The number of rotatable bonds is 4. The molecule has 0 saturated heterocycles. The van der Waals surface area contributed by atoms with Gasteiger partial charge in [-0.3, -0.25) is 0 Å². The molecule has 0 spiro atoms. The van der Waals surface area contributed by atoms with E-state index in [1.807, 2.05) is 0 Å². The number of nitrogens with zero attached hydrogens (tertiary/aromatic N) is 2. The van der Waals surface area contributed by atoms with Crippen molar-refractivity contribution in [1.29, 1.82) is 0 Å². The number of allylic oxidation sites excluding steroid dienone is 1. The van der Waals surface area contributed by atoms with E-state index < -0.39 is 11.2 Å². The third-order valence-corrected chi connectivity index (χ3v) is 3.14. The fourth-order valence-electron chi connectivity index (χ4n) is 1.47. The molecule has 0 bridgehead atoms. The highest BCUT2D eigenvalue weighted by Gasteiger charge is 2.36. The first-order chi connectivity index (χ1) is 9.40. The molecule has 0 saturated carbocycles. The Hall–Kier alpha value is -2.09. The summed E-state index contributed by atoms with van der Waals surface area (Å²) in [5.74, 6) is 0.379. The summed E-state index contributed by atoms with van der Waals surface area (Å²) in [7, 11) is 0. The molecular weight excluding hydrogens is 291 g/mol. The average molecular weight is 301 g/mol. The molecule has 0 unspecified atom stereocenters. The van der Waals surface area contributed by atoms with Crippen LogP contribution in [0.5, 0.6) is 10.9 Å². The van der Waals surface area contributed by atoms with Gasteiger partial charge in [0, 0.05) is 11.3 Å². The van der Waals surface area contributed by atoms with Gasteiger partial charge in [0.05, 0.1) is 0 Å². The van der Waals surface area contributed by atoms with Crippen LogP contribution in [0.25, 0.3) is 0 Å². The topological polar surface area (TPSA) is 61.0 Å². The van der Waals surface area contributed by atoms with Gasteiger partial charge in [0.1, 0.15) is 5.75 Å². The number of anilines is 1. The van der Waals surface area contributed by atoms with Crippen LogP contribution in [0.4, 0.5) is 18.9 Å². The Morgan fingerprint density at radius 1 is 1.35 bits per heavy atom. The van der Waals surface area contributed by atoms with Crippen molar-refractivity contribution in [1.82, 2.24) is 10.2 Å². The number of nitrogen functional groups attached to an aromatic ring is 1. The maximum Gasteiger partial charge on any atom is 0.445 e. The van der Waals surface area contributed by atoms with E-state index in [9.17, 15) is 13.2 Å². The molecule has 1 heterocycles. The molecule has 0 aliphatic heterocycles. The molecule has 0 atom stereocenters.